The van der Waals surface area contributed by atoms with Gasteiger partial charge in [-0.1, -0.05) is 12.1 Å². The Kier molecular flexibility index (Phi) is 2.94. The first-order chi connectivity index (χ1) is 7.46. The lowest BCUT2D eigenvalue weighted by Crippen LogP contribution is -2.19. The van der Waals surface area contributed by atoms with Gasteiger partial charge >= 0.3 is 0 Å². The van der Waals surface area contributed by atoms with Gasteiger partial charge in [0.2, 0.25) is 0 Å². The lowest BCUT2D eigenvalue weighted by Gasteiger charge is -2.17. The molecule has 0 saturated heterocycles. The maximum Gasteiger partial charge on any atom is 0.0594 e. The van der Waals surface area contributed by atoms with Crippen LogP contribution in [0.5, 0.6) is 0 Å². The molecule has 1 aliphatic rings. The molecular formula is C14H21NO. The Bertz CT molecular complexity index is 379. The van der Waals surface area contributed by atoms with Crippen LogP contribution in [0.3, 0.4) is 0 Å². The summed E-state index contributed by atoms with van der Waals surface area (Å²) in [4.78, 5) is 2.30. The number of anilines is 1. The van der Waals surface area contributed by atoms with Gasteiger partial charge in [0.1, 0.15) is 0 Å². The lowest BCUT2D eigenvalue weighted by atomic mass is 9.97. The molecule has 2 rings (SSSR count). The van der Waals surface area contributed by atoms with Crippen molar-refractivity contribution in [2.24, 2.45) is 0 Å². The second-order valence-corrected chi connectivity index (χ2v) is 5.45. The van der Waals surface area contributed by atoms with Gasteiger partial charge in [-0.3, -0.25) is 0 Å². The predicted octanol–water partition coefficient (Wildman–Crippen LogP) is 2.38. The number of fused-ring (bicyclic) bond motifs is 1. The van der Waals surface area contributed by atoms with E-state index in [1.807, 2.05) is 13.8 Å². The Hall–Kier alpha value is -1.02. The summed E-state index contributed by atoms with van der Waals surface area (Å²) in [6.45, 7) is 4.87. The van der Waals surface area contributed by atoms with Crippen LogP contribution in [0.15, 0.2) is 18.2 Å². The standard InChI is InChI=1S/C14H21NO/c1-14(2,16)8-6-11-4-5-13-12(10-11)7-9-15(13)3/h4-5,10,16H,6-9H2,1-3H3. The first kappa shape index (κ1) is 11.5. The summed E-state index contributed by atoms with van der Waals surface area (Å²) in [5.74, 6) is 0. The summed E-state index contributed by atoms with van der Waals surface area (Å²) in [5.41, 5.74) is 3.61. The number of nitrogens with zero attached hydrogens (tertiary/aromatic N) is 1. The number of rotatable bonds is 3. The Morgan fingerprint density at radius 2 is 2.12 bits per heavy atom. The summed E-state index contributed by atoms with van der Waals surface area (Å²) >= 11 is 0. The molecule has 1 heterocycles. The smallest absolute Gasteiger partial charge is 0.0594 e. The molecule has 1 aromatic rings. The van der Waals surface area contributed by atoms with Gasteiger partial charge in [0.05, 0.1) is 5.60 Å². The minimum atomic E-state index is -0.560. The Labute approximate surface area is 97.9 Å². The van der Waals surface area contributed by atoms with E-state index in [1.54, 1.807) is 0 Å². The summed E-state index contributed by atoms with van der Waals surface area (Å²) in [7, 11) is 2.14. The molecule has 0 fully saturated rings. The molecule has 1 aliphatic heterocycles. The van der Waals surface area contributed by atoms with Crippen molar-refractivity contribution in [1.29, 1.82) is 0 Å². The van der Waals surface area contributed by atoms with Crippen molar-refractivity contribution in [2.75, 3.05) is 18.5 Å². The highest BCUT2D eigenvalue weighted by Crippen LogP contribution is 2.28. The number of hydrogen-bond donors (Lipinski definition) is 1. The maximum atomic E-state index is 9.71. The SMILES string of the molecule is CN1CCc2cc(CCC(C)(C)O)ccc21. The van der Waals surface area contributed by atoms with Crippen LogP contribution < -0.4 is 4.90 Å². The Balaban J connectivity index is 2.08. The second-order valence-electron chi connectivity index (χ2n) is 5.45. The molecule has 0 bridgehead atoms. The van der Waals surface area contributed by atoms with E-state index in [4.69, 9.17) is 0 Å². The molecule has 88 valence electrons. The number of aryl methyl sites for hydroxylation is 1. The van der Waals surface area contributed by atoms with Crippen molar-refractivity contribution < 1.29 is 5.11 Å². The van der Waals surface area contributed by atoms with Crippen LogP contribution >= 0.6 is 0 Å². The fourth-order valence-electron chi connectivity index (χ4n) is 2.23. The quantitative estimate of drug-likeness (QED) is 0.843. The van der Waals surface area contributed by atoms with Crippen molar-refractivity contribution in [3.05, 3.63) is 29.3 Å². The highest BCUT2D eigenvalue weighted by atomic mass is 16.3. The molecule has 16 heavy (non-hydrogen) atoms. The number of likely N-dealkylation sites (N-methyl/N-ethyl adjacent to an activating group) is 1. The molecule has 0 radical (unpaired) electrons. The number of aliphatic hydroxyl groups is 1. The van der Waals surface area contributed by atoms with Gasteiger partial charge < -0.3 is 10.0 Å². The Morgan fingerprint density at radius 3 is 2.81 bits per heavy atom. The third-order valence-electron chi connectivity index (χ3n) is 3.30. The van der Waals surface area contributed by atoms with Gasteiger partial charge in [0.25, 0.3) is 0 Å². The van der Waals surface area contributed by atoms with Crippen molar-refractivity contribution in [2.45, 2.75) is 38.7 Å². The predicted molar refractivity (Wildman–Crippen MR) is 68.0 cm³/mol. The van der Waals surface area contributed by atoms with Gasteiger partial charge in [-0.15, -0.1) is 0 Å². The van der Waals surface area contributed by atoms with Crippen LogP contribution in [0.4, 0.5) is 5.69 Å². The monoisotopic (exact) mass is 219 g/mol. The largest absolute Gasteiger partial charge is 0.390 e. The average Bonchev–Trinajstić information content (AvgIpc) is 2.56. The van der Waals surface area contributed by atoms with E-state index in [9.17, 15) is 5.11 Å². The molecule has 0 amide bonds. The van der Waals surface area contributed by atoms with Gasteiger partial charge in [-0.05, 0) is 50.3 Å². The van der Waals surface area contributed by atoms with E-state index in [-0.39, 0.29) is 0 Å². The molecular weight excluding hydrogens is 198 g/mol. The third-order valence-corrected chi connectivity index (χ3v) is 3.30. The molecule has 0 unspecified atom stereocenters. The van der Waals surface area contributed by atoms with Crippen LogP contribution in [0, 0.1) is 0 Å². The number of hydrogen-bond acceptors (Lipinski definition) is 2. The lowest BCUT2D eigenvalue weighted by molar-refractivity contribution is 0.0714. The molecule has 1 N–H and O–H groups in total. The van der Waals surface area contributed by atoms with E-state index in [2.05, 4.69) is 30.1 Å². The zero-order valence-electron chi connectivity index (χ0n) is 10.5. The summed E-state index contributed by atoms with van der Waals surface area (Å²) in [5, 5.41) is 9.71. The molecule has 2 nitrogen and oxygen atoms in total. The third kappa shape index (κ3) is 2.56. The second kappa shape index (κ2) is 4.10. The summed E-state index contributed by atoms with van der Waals surface area (Å²) < 4.78 is 0. The van der Waals surface area contributed by atoms with Gasteiger partial charge in [-0.25, -0.2) is 0 Å². The molecule has 0 aromatic heterocycles. The molecule has 0 aliphatic carbocycles. The minimum absolute atomic E-state index is 0.560. The van der Waals surface area contributed by atoms with E-state index >= 15 is 0 Å². The molecule has 2 heteroatoms. The van der Waals surface area contributed by atoms with Crippen molar-refractivity contribution in [3.63, 3.8) is 0 Å². The Morgan fingerprint density at radius 1 is 1.38 bits per heavy atom. The maximum absolute atomic E-state index is 9.71. The molecule has 1 aromatic carbocycles. The highest BCUT2D eigenvalue weighted by molar-refractivity contribution is 5.58. The fraction of sp³-hybridized carbons (Fsp3) is 0.571. The van der Waals surface area contributed by atoms with Crippen molar-refractivity contribution in [1.82, 2.24) is 0 Å². The van der Waals surface area contributed by atoms with E-state index in [1.165, 1.54) is 16.8 Å². The van der Waals surface area contributed by atoms with E-state index in [0.29, 0.717) is 0 Å². The zero-order valence-corrected chi connectivity index (χ0v) is 10.5. The van der Waals surface area contributed by atoms with Crippen molar-refractivity contribution in [3.8, 4) is 0 Å². The molecule has 0 spiro atoms. The van der Waals surface area contributed by atoms with Crippen LogP contribution in [-0.2, 0) is 12.8 Å². The molecule has 0 atom stereocenters. The minimum Gasteiger partial charge on any atom is -0.390 e. The summed E-state index contributed by atoms with van der Waals surface area (Å²) in [6, 6.07) is 6.69. The van der Waals surface area contributed by atoms with Gasteiger partial charge in [0.15, 0.2) is 0 Å². The fourth-order valence-corrected chi connectivity index (χ4v) is 2.23. The van der Waals surface area contributed by atoms with Crippen LogP contribution in [0.25, 0.3) is 0 Å². The van der Waals surface area contributed by atoms with E-state index in [0.717, 1.165) is 25.8 Å². The van der Waals surface area contributed by atoms with Crippen LogP contribution in [0.2, 0.25) is 0 Å². The number of benzene rings is 1. The topological polar surface area (TPSA) is 23.5 Å². The van der Waals surface area contributed by atoms with Crippen LogP contribution in [0.1, 0.15) is 31.4 Å². The van der Waals surface area contributed by atoms with Crippen LogP contribution in [-0.4, -0.2) is 24.3 Å². The zero-order chi connectivity index (χ0) is 11.8. The normalized spacial score (nSPS) is 15.4. The van der Waals surface area contributed by atoms with Gasteiger partial charge in [0, 0.05) is 19.3 Å². The van der Waals surface area contributed by atoms with Crippen molar-refractivity contribution >= 4 is 5.69 Å². The highest BCUT2D eigenvalue weighted by Gasteiger charge is 2.17. The molecule has 0 saturated carbocycles. The van der Waals surface area contributed by atoms with Gasteiger partial charge in [-0.2, -0.15) is 0 Å². The summed E-state index contributed by atoms with van der Waals surface area (Å²) in [6.07, 6.45) is 2.93. The first-order valence-electron chi connectivity index (χ1n) is 6.01. The first-order valence-corrected chi connectivity index (χ1v) is 6.01. The van der Waals surface area contributed by atoms with E-state index < -0.39 is 5.60 Å². The average molecular weight is 219 g/mol.